The van der Waals surface area contributed by atoms with Crippen LogP contribution in [0.4, 0.5) is 0 Å². The van der Waals surface area contributed by atoms with E-state index in [0.717, 1.165) is 36.9 Å². The second-order valence-corrected chi connectivity index (χ2v) is 9.49. The van der Waals surface area contributed by atoms with Crippen molar-refractivity contribution in [3.05, 3.63) is 56.5 Å². The van der Waals surface area contributed by atoms with E-state index in [4.69, 9.17) is 7.58 Å². The molecular weight excluding hydrogens is 463 g/mol. The van der Waals surface area contributed by atoms with Crippen LogP contribution in [0.5, 0.6) is 11.5 Å². The van der Waals surface area contributed by atoms with Crippen LogP contribution in [0.3, 0.4) is 0 Å². The van der Waals surface area contributed by atoms with Gasteiger partial charge in [0.05, 0.1) is 24.6 Å². The quantitative estimate of drug-likeness (QED) is 0.538. The molecule has 1 heterocycles. The fraction of sp³-hybridized carbons (Fsp3) is 0.222. The smallest absolute Gasteiger partial charge is 0.611 e. The lowest BCUT2D eigenvalue weighted by Gasteiger charge is -2.18. The third kappa shape index (κ3) is 5.18. The largest absolute Gasteiger partial charge is 0.856 e. The summed E-state index contributed by atoms with van der Waals surface area (Å²) in [5.74, 6) is 1.62. The number of fused-ring (bicyclic) bond motifs is 2. The summed E-state index contributed by atoms with van der Waals surface area (Å²) in [6.45, 7) is 3.34. The summed E-state index contributed by atoms with van der Waals surface area (Å²) in [5, 5.41) is 0.847. The molecule has 0 unspecified atom stereocenters. The molecule has 3 rings (SSSR count). The number of benzene rings is 2. The second kappa shape index (κ2) is 9.00. The Labute approximate surface area is 169 Å². The number of hydrogen-bond acceptors (Lipinski definition) is 4. The van der Waals surface area contributed by atoms with Gasteiger partial charge >= 0.3 is 14.8 Å². The van der Waals surface area contributed by atoms with Crippen molar-refractivity contribution in [2.45, 2.75) is 12.2 Å². The van der Waals surface area contributed by atoms with E-state index in [1.807, 2.05) is 48.8 Å². The molecule has 7 heteroatoms. The summed E-state index contributed by atoms with van der Waals surface area (Å²) in [7, 11) is 0. The van der Waals surface area contributed by atoms with Gasteiger partial charge in [0.15, 0.2) is 0 Å². The predicted octanol–water partition coefficient (Wildman–Crippen LogP) is 5.03. The van der Waals surface area contributed by atoms with Crippen LogP contribution < -0.4 is 7.58 Å². The summed E-state index contributed by atoms with van der Waals surface area (Å²) < 4.78 is 14.5. The Balaban J connectivity index is 1.98. The minimum Gasteiger partial charge on any atom is -0.611 e. The van der Waals surface area contributed by atoms with Crippen molar-refractivity contribution >= 4 is 59.1 Å². The number of halogens is 2. The van der Waals surface area contributed by atoms with Crippen molar-refractivity contribution in [2.75, 3.05) is 13.1 Å². The highest BCUT2D eigenvalue weighted by Crippen LogP contribution is 2.26. The molecule has 0 radical (unpaired) electrons. The van der Waals surface area contributed by atoms with Gasteiger partial charge in [-0.2, -0.15) is 0 Å². The molecule has 0 aromatic heterocycles. The number of aliphatic imine (C=N–C) groups is 2. The molecule has 1 aliphatic rings. The van der Waals surface area contributed by atoms with Crippen molar-refractivity contribution < 1.29 is 7.58 Å². The average molecular weight is 480 g/mol. The highest BCUT2D eigenvalue weighted by molar-refractivity contribution is 9.10. The number of rotatable bonds is 1. The fourth-order valence-electron chi connectivity index (χ4n) is 2.37. The Morgan fingerprint density at radius 1 is 0.880 bits per heavy atom. The molecule has 1 aliphatic heterocycles. The molecule has 128 valence electrons. The fourth-order valence-corrected chi connectivity index (χ4v) is 4.51. The van der Waals surface area contributed by atoms with E-state index in [0.29, 0.717) is 13.1 Å². The van der Waals surface area contributed by atoms with Crippen molar-refractivity contribution in [1.82, 2.24) is 0 Å². The summed E-state index contributed by atoms with van der Waals surface area (Å²) in [6.07, 6.45) is 3.69. The third-order valence-corrected chi connectivity index (χ3v) is 6.30. The van der Waals surface area contributed by atoms with Crippen LogP contribution in [0.1, 0.15) is 18.1 Å². The van der Waals surface area contributed by atoms with Gasteiger partial charge in [0.2, 0.25) is 0 Å². The van der Waals surface area contributed by atoms with Crippen LogP contribution in [0.2, 0.25) is 5.28 Å². The van der Waals surface area contributed by atoms with Crippen LogP contribution in [0, 0.1) is 0 Å². The molecule has 0 saturated heterocycles. The minimum absolute atomic E-state index is 0.626. The Kier molecular flexibility index (Phi) is 6.72. The lowest BCUT2D eigenvalue weighted by Crippen LogP contribution is -2.29. The Bertz CT molecular complexity index is 746. The third-order valence-electron chi connectivity index (χ3n) is 3.61. The first-order valence-corrected chi connectivity index (χ1v) is 11.4. The maximum Gasteiger partial charge on any atom is 0.856 e. The zero-order valence-corrected chi connectivity index (χ0v) is 18.1. The van der Waals surface area contributed by atoms with E-state index in [1.54, 1.807) is 0 Å². The summed E-state index contributed by atoms with van der Waals surface area (Å²) in [5.41, 5.74) is 1.89. The van der Waals surface area contributed by atoms with Gasteiger partial charge in [-0.15, -0.1) is 0 Å². The summed E-state index contributed by atoms with van der Waals surface area (Å²) in [4.78, 5) is 8.94. The maximum absolute atomic E-state index is 6.25. The van der Waals surface area contributed by atoms with Crippen LogP contribution >= 0.6 is 31.9 Å². The molecule has 0 atom stereocenters. The first kappa shape index (κ1) is 18.7. The normalized spacial score (nSPS) is 14.3. The minimum atomic E-state index is -1.94. The van der Waals surface area contributed by atoms with Gasteiger partial charge < -0.3 is 7.58 Å². The predicted molar refractivity (Wildman–Crippen MR) is 111 cm³/mol. The average Bonchev–Trinajstić information content (AvgIpc) is 2.61. The van der Waals surface area contributed by atoms with E-state index < -0.39 is 14.8 Å². The standard InChI is InChI=1S/C16H14Br2N2O2.C2H5.Al/c17-13-1-3-15(21)11(7-13)9-19-5-6-20-10-12-8-14(18)2-4-16(12)22;1-2;/h1-4,7-10,21-22H,5-6H2;1H2,2H3;/q;;+2/p-2. The molecule has 0 saturated carbocycles. The summed E-state index contributed by atoms with van der Waals surface area (Å²) >= 11 is 5.07. The van der Waals surface area contributed by atoms with Gasteiger partial charge in [-0.1, -0.05) is 38.8 Å². The maximum atomic E-state index is 6.25. The van der Waals surface area contributed by atoms with Gasteiger partial charge in [0.1, 0.15) is 0 Å². The van der Waals surface area contributed by atoms with Crippen LogP contribution in [0.15, 0.2) is 55.3 Å². The monoisotopic (exact) mass is 478 g/mol. The molecular formula is C18H17AlBr2N2O2. The zero-order valence-electron chi connectivity index (χ0n) is 13.8. The molecule has 0 aliphatic carbocycles. The molecule has 0 spiro atoms. The van der Waals surface area contributed by atoms with E-state index >= 15 is 0 Å². The molecule has 2 aromatic carbocycles. The lowest BCUT2D eigenvalue weighted by molar-refractivity contribution is 0.422. The highest BCUT2D eigenvalue weighted by Gasteiger charge is 2.31. The molecule has 0 amide bonds. The van der Waals surface area contributed by atoms with E-state index in [2.05, 4.69) is 48.8 Å². The Hall–Kier alpha value is -1.13. The van der Waals surface area contributed by atoms with Gasteiger partial charge in [0.25, 0.3) is 0 Å². The molecule has 0 fully saturated rings. The Morgan fingerprint density at radius 2 is 1.36 bits per heavy atom. The van der Waals surface area contributed by atoms with E-state index in [-0.39, 0.29) is 0 Å². The van der Waals surface area contributed by atoms with Crippen molar-refractivity contribution in [3.63, 3.8) is 0 Å². The second-order valence-electron chi connectivity index (χ2n) is 5.51. The number of hydrogen-bond donors (Lipinski definition) is 0. The van der Waals surface area contributed by atoms with Crippen LogP contribution in [0.25, 0.3) is 0 Å². The van der Waals surface area contributed by atoms with Gasteiger partial charge in [-0.25, -0.2) is 0 Å². The van der Waals surface area contributed by atoms with E-state index in [9.17, 15) is 0 Å². The molecule has 0 bridgehead atoms. The first-order chi connectivity index (χ1) is 12.2. The lowest BCUT2D eigenvalue weighted by atomic mass is 10.2. The highest BCUT2D eigenvalue weighted by atomic mass is 79.9. The zero-order chi connectivity index (χ0) is 17.6. The first-order valence-electron chi connectivity index (χ1n) is 8.08. The van der Waals surface area contributed by atoms with Gasteiger partial charge in [0, 0.05) is 32.5 Å². The van der Waals surface area contributed by atoms with Crippen molar-refractivity contribution in [3.8, 4) is 11.5 Å². The van der Waals surface area contributed by atoms with Crippen molar-refractivity contribution in [2.24, 2.45) is 9.98 Å². The van der Waals surface area contributed by atoms with Crippen molar-refractivity contribution in [1.29, 1.82) is 0 Å². The van der Waals surface area contributed by atoms with Gasteiger partial charge in [-0.3, -0.25) is 9.98 Å². The molecule has 4 nitrogen and oxygen atoms in total. The van der Waals surface area contributed by atoms with Crippen LogP contribution in [-0.4, -0.2) is 40.3 Å². The van der Waals surface area contributed by atoms with Gasteiger partial charge in [-0.05, 0) is 41.7 Å². The number of nitrogens with zero attached hydrogens (tertiary/aromatic N) is 2. The topological polar surface area (TPSA) is 43.2 Å². The molecule has 0 N–H and O–H groups in total. The Morgan fingerprint density at radius 3 is 1.80 bits per heavy atom. The van der Waals surface area contributed by atoms with E-state index in [1.165, 1.54) is 0 Å². The van der Waals surface area contributed by atoms with Crippen LogP contribution in [-0.2, 0) is 0 Å². The molecule has 2 aromatic rings. The SMILES string of the molecule is C[CH2][Al]1[O]c2ccc(Br)cc2C=NCCN=Cc2cc(Br)ccc2[O]1. The summed E-state index contributed by atoms with van der Waals surface area (Å²) in [6, 6.07) is 11.9. The molecule has 25 heavy (non-hydrogen) atoms.